The van der Waals surface area contributed by atoms with E-state index in [2.05, 4.69) is 34.5 Å². The summed E-state index contributed by atoms with van der Waals surface area (Å²) in [6, 6.07) is 20.0. The highest BCUT2D eigenvalue weighted by molar-refractivity contribution is 5.86. The number of carbonyl (C=O) groups excluding carboxylic acids is 1. The molecule has 0 atom stereocenters. The normalized spacial score (nSPS) is 14.5. The van der Waals surface area contributed by atoms with E-state index in [0.29, 0.717) is 5.65 Å². The predicted molar refractivity (Wildman–Crippen MR) is 134 cm³/mol. The molecule has 1 saturated carbocycles. The van der Waals surface area contributed by atoms with Crippen molar-refractivity contribution >= 4 is 11.7 Å². The molecule has 2 aromatic carbocycles. The lowest BCUT2D eigenvalue weighted by molar-refractivity contribution is 0.211. The third-order valence-electron chi connectivity index (χ3n) is 6.75. The van der Waals surface area contributed by atoms with E-state index in [-0.39, 0.29) is 11.3 Å². The van der Waals surface area contributed by atoms with E-state index in [0.717, 1.165) is 58.5 Å². The number of fused-ring (bicyclic) bond motifs is 1. The van der Waals surface area contributed by atoms with Crippen LogP contribution >= 0.6 is 0 Å². The van der Waals surface area contributed by atoms with Crippen LogP contribution in [0.4, 0.5) is 4.79 Å². The van der Waals surface area contributed by atoms with Gasteiger partial charge in [-0.3, -0.25) is 9.50 Å². The fourth-order valence-corrected chi connectivity index (χ4v) is 4.74. The molecule has 0 aliphatic heterocycles. The van der Waals surface area contributed by atoms with Gasteiger partial charge in [-0.15, -0.1) is 0 Å². The Kier molecular flexibility index (Phi) is 4.89. The van der Waals surface area contributed by atoms with Crippen LogP contribution in [0.25, 0.3) is 39.3 Å². The van der Waals surface area contributed by atoms with Gasteiger partial charge < -0.3 is 16.2 Å². The molecule has 8 nitrogen and oxygen atoms in total. The van der Waals surface area contributed by atoms with Crippen LogP contribution in [0.3, 0.4) is 0 Å². The van der Waals surface area contributed by atoms with Crippen molar-refractivity contribution in [3.8, 4) is 39.4 Å². The molecule has 1 fully saturated rings. The van der Waals surface area contributed by atoms with Crippen LogP contribution in [0.1, 0.15) is 24.8 Å². The average Bonchev–Trinajstić information content (AvgIpc) is 3.51. The number of imidazole rings is 1. The van der Waals surface area contributed by atoms with Crippen LogP contribution in [-0.4, -0.2) is 25.7 Å². The van der Waals surface area contributed by atoms with Crippen molar-refractivity contribution in [2.24, 2.45) is 11.5 Å². The summed E-state index contributed by atoms with van der Waals surface area (Å²) in [4.78, 5) is 16.7. The number of nitrogens with two attached hydrogens (primary N) is 2. The molecule has 0 radical (unpaired) electrons. The summed E-state index contributed by atoms with van der Waals surface area (Å²) in [6.45, 7) is 0. The van der Waals surface area contributed by atoms with E-state index in [1.54, 1.807) is 18.5 Å². The molecule has 5 aromatic rings. The maximum absolute atomic E-state index is 11.7. The number of aromatic amines is 1. The number of aromatic nitrogens is 4. The number of ether oxygens (including phenoxy) is 1. The average molecular weight is 465 g/mol. The minimum absolute atomic E-state index is 0.234. The number of H-pyrrole nitrogens is 1. The second-order valence-electron chi connectivity index (χ2n) is 8.96. The van der Waals surface area contributed by atoms with Gasteiger partial charge in [0, 0.05) is 40.2 Å². The van der Waals surface area contributed by atoms with Crippen LogP contribution in [-0.2, 0) is 5.54 Å². The van der Waals surface area contributed by atoms with E-state index < -0.39 is 6.09 Å². The molecular formula is C27H24N6O2. The van der Waals surface area contributed by atoms with E-state index in [9.17, 15) is 4.79 Å². The first-order valence-corrected chi connectivity index (χ1v) is 11.5. The summed E-state index contributed by atoms with van der Waals surface area (Å²) in [5.74, 6) is 0.270. The lowest BCUT2D eigenvalue weighted by Gasteiger charge is -2.38. The van der Waals surface area contributed by atoms with Crippen molar-refractivity contribution in [1.29, 1.82) is 0 Å². The predicted octanol–water partition coefficient (Wildman–Crippen LogP) is 4.85. The number of amides is 1. The fourth-order valence-electron chi connectivity index (χ4n) is 4.74. The molecule has 0 unspecified atom stereocenters. The molecule has 0 spiro atoms. The van der Waals surface area contributed by atoms with Crippen molar-refractivity contribution in [2.75, 3.05) is 0 Å². The maximum atomic E-state index is 11.7. The lowest BCUT2D eigenvalue weighted by Crippen LogP contribution is -2.43. The Hall–Kier alpha value is -4.43. The van der Waals surface area contributed by atoms with E-state index in [1.165, 1.54) is 0 Å². The van der Waals surface area contributed by atoms with Gasteiger partial charge in [-0.1, -0.05) is 54.6 Å². The quantitative estimate of drug-likeness (QED) is 0.343. The number of carbonyl (C=O) groups is 1. The highest BCUT2D eigenvalue weighted by atomic mass is 16.5. The van der Waals surface area contributed by atoms with Gasteiger partial charge in [0.1, 0.15) is 0 Å². The van der Waals surface area contributed by atoms with Gasteiger partial charge in [-0.05, 0) is 30.9 Å². The first-order chi connectivity index (χ1) is 17.0. The largest absolute Gasteiger partial charge is 0.410 e. The second-order valence-corrected chi connectivity index (χ2v) is 8.96. The van der Waals surface area contributed by atoms with Crippen molar-refractivity contribution in [3.63, 3.8) is 0 Å². The zero-order valence-corrected chi connectivity index (χ0v) is 18.9. The molecule has 3 heterocycles. The number of nitrogens with one attached hydrogen (secondary N) is 1. The summed E-state index contributed by atoms with van der Waals surface area (Å²) >= 11 is 0. The smallest absolute Gasteiger partial charge is 0.406 e. The molecule has 6 rings (SSSR count). The van der Waals surface area contributed by atoms with E-state index in [4.69, 9.17) is 21.2 Å². The van der Waals surface area contributed by atoms with Crippen molar-refractivity contribution in [1.82, 2.24) is 19.6 Å². The molecule has 174 valence electrons. The summed E-state index contributed by atoms with van der Waals surface area (Å²) in [5, 5.41) is 6.87. The van der Waals surface area contributed by atoms with Crippen LogP contribution in [0.15, 0.2) is 79.3 Å². The van der Waals surface area contributed by atoms with Crippen LogP contribution in [0, 0.1) is 0 Å². The number of rotatable bonds is 5. The van der Waals surface area contributed by atoms with Crippen molar-refractivity contribution in [3.05, 3.63) is 84.8 Å². The molecule has 3 aromatic heterocycles. The molecule has 1 aliphatic rings. The van der Waals surface area contributed by atoms with Crippen LogP contribution < -0.4 is 16.2 Å². The molecular weight excluding hydrogens is 440 g/mol. The Morgan fingerprint density at radius 2 is 1.77 bits per heavy atom. The van der Waals surface area contributed by atoms with Crippen molar-refractivity contribution in [2.45, 2.75) is 24.8 Å². The first-order valence-electron chi connectivity index (χ1n) is 11.5. The Labute approximate surface area is 201 Å². The van der Waals surface area contributed by atoms with Crippen LogP contribution in [0.2, 0.25) is 0 Å². The van der Waals surface area contributed by atoms with Crippen molar-refractivity contribution < 1.29 is 9.53 Å². The topological polar surface area (TPSA) is 124 Å². The number of hydrogen-bond acceptors (Lipinski definition) is 5. The highest BCUT2D eigenvalue weighted by Gasteiger charge is 2.34. The summed E-state index contributed by atoms with van der Waals surface area (Å²) in [5.41, 5.74) is 18.5. The Morgan fingerprint density at radius 3 is 2.40 bits per heavy atom. The molecule has 0 bridgehead atoms. The summed E-state index contributed by atoms with van der Waals surface area (Å²) < 4.78 is 7.34. The van der Waals surface area contributed by atoms with Gasteiger partial charge in [0.2, 0.25) is 0 Å². The maximum Gasteiger partial charge on any atom is 0.410 e. The monoisotopic (exact) mass is 464 g/mol. The van der Waals surface area contributed by atoms with Gasteiger partial charge >= 0.3 is 6.09 Å². The molecule has 0 saturated heterocycles. The second kappa shape index (κ2) is 8.11. The summed E-state index contributed by atoms with van der Waals surface area (Å²) in [6.07, 6.45) is 7.70. The Morgan fingerprint density at radius 1 is 1.00 bits per heavy atom. The van der Waals surface area contributed by atoms with Gasteiger partial charge in [-0.25, -0.2) is 9.78 Å². The third-order valence-corrected chi connectivity index (χ3v) is 6.75. The lowest BCUT2D eigenvalue weighted by atomic mass is 9.72. The Bertz CT molecular complexity index is 1520. The number of primary amides is 1. The molecule has 5 N–H and O–H groups in total. The fraction of sp³-hybridized carbons (Fsp3) is 0.148. The number of pyridine rings is 1. The zero-order valence-electron chi connectivity index (χ0n) is 18.9. The molecule has 1 amide bonds. The van der Waals surface area contributed by atoms with Gasteiger partial charge in [0.15, 0.2) is 11.4 Å². The number of hydrogen-bond donors (Lipinski definition) is 3. The third kappa shape index (κ3) is 3.64. The zero-order chi connectivity index (χ0) is 24.0. The minimum Gasteiger partial charge on any atom is -0.406 e. The Balaban J connectivity index is 1.60. The minimum atomic E-state index is -0.903. The first kappa shape index (κ1) is 21.1. The standard InChI is InChI=1S/C27H24N6O2/c28-26(34)35-22-13-19(20-14-30-31-15-20)16-33-24(18-5-2-1-3-6-18)23(32-25(22)33)17-7-9-21(10-8-17)27(29)11-4-12-27/h1-3,5-10,13-16H,4,11-12,29H2,(H2,28,34)(H,30,31). The number of benzene rings is 2. The summed E-state index contributed by atoms with van der Waals surface area (Å²) in [7, 11) is 0. The number of nitrogens with zero attached hydrogens (tertiary/aromatic N) is 3. The molecule has 1 aliphatic carbocycles. The SMILES string of the molecule is NC(=O)Oc1cc(-c2cn[nH]c2)cn2c(-c3ccccc3)c(-c3ccc(C4(N)CCC4)cc3)nc12. The van der Waals surface area contributed by atoms with Gasteiger partial charge in [-0.2, -0.15) is 5.10 Å². The van der Waals surface area contributed by atoms with Crippen LogP contribution in [0.5, 0.6) is 5.75 Å². The van der Waals surface area contributed by atoms with Gasteiger partial charge in [0.05, 0.1) is 17.6 Å². The van der Waals surface area contributed by atoms with Gasteiger partial charge in [0.25, 0.3) is 0 Å². The molecule has 35 heavy (non-hydrogen) atoms. The van der Waals surface area contributed by atoms with E-state index in [1.807, 2.05) is 40.9 Å². The van der Waals surface area contributed by atoms with E-state index >= 15 is 0 Å². The highest BCUT2D eigenvalue weighted by Crippen LogP contribution is 2.41. The molecule has 8 heteroatoms.